The third kappa shape index (κ3) is 3.22. The molecular formula is C15H17N3OS2. The molecule has 6 heteroatoms. The Hall–Kier alpha value is -1.53. The second-order valence-electron chi connectivity index (χ2n) is 4.85. The molecular weight excluding hydrogens is 302 g/mol. The number of aromatic nitrogens is 3. The van der Waals surface area contributed by atoms with Crippen LogP contribution in [0.1, 0.15) is 20.8 Å². The van der Waals surface area contributed by atoms with Crippen LogP contribution in [0, 0.1) is 0 Å². The Kier molecular flexibility index (Phi) is 4.17. The van der Waals surface area contributed by atoms with E-state index in [1.54, 1.807) is 23.1 Å². The molecule has 3 aromatic rings. The second-order valence-corrected chi connectivity index (χ2v) is 7.31. The summed E-state index contributed by atoms with van der Waals surface area (Å²) in [6.45, 7) is 6.17. The Labute approximate surface area is 132 Å². The van der Waals surface area contributed by atoms with Gasteiger partial charge in [-0.2, -0.15) is 0 Å². The molecule has 21 heavy (non-hydrogen) atoms. The van der Waals surface area contributed by atoms with Crippen molar-refractivity contribution in [1.29, 1.82) is 0 Å². The van der Waals surface area contributed by atoms with Crippen molar-refractivity contribution in [3.05, 3.63) is 30.5 Å². The molecule has 0 spiro atoms. The molecule has 3 rings (SSSR count). The highest BCUT2D eigenvalue weighted by Crippen LogP contribution is 2.28. The topological polar surface area (TPSA) is 39.4 Å². The summed E-state index contributed by atoms with van der Waals surface area (Å²) in [5, 5.41) is 4.52. The second kappa shape index (κ2) is 6.07. The van der Waals surface area contributed by atoms with E-state index < -0.39 is 0 Å². The van der Waals surface area contributed by atoms with E-state index in [-0.39, 0.29) is 6.10 Å². The molecule has 1 aromatic carbocycles. The van der Waals surface area contributed by atoms with Gasteiger partial charge in [-0.15, -0.1) is 5.10 Å². The number of fused-ring (bicyclic) bond motifs is 1. The van der Waals surface area contributed by atoms with Gasteiger partial charge < -0.3 is 4.74 Å². The molecule has 0 radical (unpaired) electrons. The van der Waals surface area contributed by atoms with E-state index in [4.69, 9.17) is 4.74 Å². The average Bonchev–Trinajstić information content (AvgIpc) is 2.97. The molecule has 0 N–H and O–H groups in total. The number of hydrogen-bond acceptors (Lipinski definition) is 5. The summed E-state index contributed by atoms with van der Waals surface area (Å²) in [5.41, 5.74) is 2.02. The maximum absolute atomic E-state index is 5.65. The van der Waals surface area contributed by atoms with Crippen LogP contribution in [0.4, 0.5) is 0 Å². The Balaban J connectivity index is 1.84. The van der Waals surface area contributed by atoms with Gasteiger partial charge in [0.2, 0.25) is 4.96 Å². The molecule has 0 unspecified atom stereocenters. The Morgan fingerprint density at radius 2 is 2.05 bits per heavy atom. The number of thioether (sulfide) groups is 1. The van der Waals surface area contributed by atoms with Crippen molar-refractivity contribution in [3.63, 3.8) is 0 Å². The highest BCUT2D eigenvalue weighted by Gasteiger charge is 2.10. The molecule has 0 bridgehead atoms. The van der Waals surface area contributed by atoms with Gasteiger partial charge in [0, 0.05) is 5.56 Å². The maximum atomic E-state index is 5.65. The number of benzene rings is 1. The molecule has 0 saturated carbocycles. The predicted molar refractivity (Wildman–Crippen MR) is 88.5 cm³/mol. The largest absolute Gasteiger partial charge is 0.491 e. The van der Waals surface area contributed by atoms with Crippen LogP contribution in [0.25, 0.3) is 16.2 Å². The first-order valence-corrected chi connectivity index (χ1v) is 8.72. The van der Waals surface area contributed by atoms with E-state index in [0.29, 0.717) is 0 Å². The molecule has 0 aliphatic heterocycles. The van der Waals surface area contributed by atoms with Gasteiger partial charge in [-0.25, -0.2) is 9.50 Å². The first kappa shape index (κ1) is 14.4. The lowest BCUT2D eigenvalue weighted by molar-refractivity contribution is 0.242. The normalized spacial score (nSPS) is 11.4. The molecule has 0 aliphatic carbocycles. The molecule has 2 aromatic heterocycles. The van der Waals surface area contributed by atoms with Crippen molar-refractivity contribution >= 4 is 28.1 Å². The predicted octanol–water partition coefficient (Wildman–Crippen LogP) is 4.36. The van der Waals surface area contributed by atoms with Crippen molar-refractivity contribution in [2.75, 3.05) is 5.75 Å². The molecule has 0 amide bonds. The summed E-state index contributed by atoms with van der Waals surface area (Å²) in [6, 6.07) is 8.03. The van der Waals surface area contributed by atoms with E-state index in [1.807, 2.05) is 48.8 Å². The van der Waals surface area contributed by atoms with E-state index in [9.17, 15) is 0 Å². The van der Waals surface area contributed by atoms with Crippen LogP contribution in [0.2, 0.25) is 0 Å². The Bertz CT molecular complexity index is 700. The van der Waals surface area contributed by atoms with Crippen LogP contribution < -0.4 is 4.74 Å². The summed E-state index contributed by atoms with van der Waals surface area (Å²) >= 11 is 3.37. The summed E-state index contributed by atoms with van der Waals surface area (Å²) < 4.78 is 8.57. The zero-order chi connectivity index (χ0) is 14.8. The van der Waals surface area contributed by atoms with Gasteiger partial charge in [0.15, 0.2) is 4.34 Å². The minimum Gasteiger partial charge on any atom is -0.491 e. The first-order valence-electron chi connectivity index (χ1n) is 6.92. The lowest BCUT2D eigenvalue weighted by Crippen LogP contribution is -2.05. The first-order chi connectivity index (χ1) is 10.2. The van der Waals surface area contributed by atoms with E-state index in [2.05, 4.69) is 17.0 Å². The molecule has 4 nitrogen and oxygen atoms in total. The van der Waals surface area contributed by atoms with Crippen LogP contribution in [0.3, 0.4) is 0 Å². The highest BCUT2D eigenvalue weighted by molar-refractivity contribution is 8.01. The lowest BCUT2D eigenvalue weighted by Gasteiger charge is -2.09. The number of ether oxygens (including phenoxy) is 1. The smallest absolute Gasteiger partial charge is 0.213 e. The SMILES string of the molecule is CCSc1nn2cc(-c3ccc(OC(C)C)cc3)nc2s1. The minimum atomic E-state index is 0.187. The third-order valence-corrected chi connectivity index (χ3v) is 4.75. The van der Waals surface area contributed by atoms with Crippen LogP contribution >= 0.6 is 23.1 Å². The summed E-state index contributed by atoms with van der Waals surface area (Å²) in [5.74, 6) is 1.91. The fourth-order valence-electron chi connectivity index (χ4n) is 1.98. The van der Waals surface area contributed by atoms with Crippen molar-refractivity contribution < 1.29 is 4.74 Å². The number of hydrogen-bond donors (Lipinski definition) is 0. The number of rotatable bonds is 5. The van der Waals surface area contributed by atoms with Crippen LogP contribution in [0.15, 0.2) is 34.8 Å². The van der Waals surface area contributed by atoms with Gasteiger partial charge in [0.25, 0.3) is 0 Å². The average molecular weight is 319 g/mol. The van der Waals surface area contributed by atoms with Gasteiger partial charge in [-0.05, 0) is 43.9 Å². The molecule has 0 aliphatic rings. The summed E-state index contributed by atoms with van der Waals surface area (Å²) in [4.78, 5) is 5.58. The highest BCUT2D eigenvalue weighted by atomic mass is 32.2. The van der Waals surface area contributed by atoms with Gasteiger partial charge in [0.05, 0.1) is 18.0 Å². The standard InChI is InChI=1S/C15H17N3OS2/c1-4-20-15-17-18-9-13(16-14(18)21-15)11-5-7-12(8-6-11)19-10(2)3/h5-10H,4H2,1-3H3. The summed E-state index contributed by atoms with van der Waals surface area (Å²) in [6.07, 6.45) is 2.16. The van der Waals surface area contributed by atoms with Gasteiger partial charge in [-0.3, -0.25) is 0 Å². The third-order valence-electron chi connectivity index (χ3n) is 2.81. The zero-order valence-corrected chi connectivity index (χ0v) is 13.9. The number of imidazole rings is 1. The van der Waals surface area contributed by atoms with Crippen LogP contribution in [-0.2, 0) is 0 Å². The molecule has 2 heterocycles. The fraction of sp³-hybridized carbons (Fsp3) is 0.333. The van der Waals surface area contributed by atoms with Crippen molar-refractivity contribution in [3.8, 4) is 17.0 Å². The van der Waals surface area contributed by atoms with Gasteiger partial charge in [0.1, 0.15) is 5.75 Å². The van der Waals surface area contributed by atoms with Crippen LogP contribution in [-0.4, -0.2) is 26.5 Å². The monoisotopic (exact) mass is 319 g/mol. The molecule has 0 atom stereocenters. The zero-order valence-electron chi connectivity index (χ0n) is 12.2. The molecule has 0 fully saturated rings. The fourth-order valence-corrected chi connectivity index (χ4v) is 3.80. The molecule has 0 saturated heterocycles. The van der Waals surface area contributed by atoms with E-state index >= 15 is 0 Å². The van der Waals surface area contributed by atoms with E-state index in [0.717, 1.165) is 32.1 Å². The molecule has 110 valence electrons. The van der Waals surface area contributed by atoms with Crippen LogP contribution in [0.5, 0.6) is 5.75 Å². The number of nitrogens with zero attached hydrogens (tertiary/aromatic N) is 3. The lowest BCUT2D eigenvalue weighted by atomic mass is 10.1. The van der Waals surface area contributed by atoms with Crippen molar-refractivity contribution in [2.45, 2.75) is 31.2 Å². The summed E-state index contributed by atoms with van der Waals surface area (Å²) in [7, 11) is 0. The Morgan fingerprint density at radius 3 is 2.67 bits per heavy atom. The Morgan fingerprint density at radius 1 is 1.29 bits per heavy atom. The van der Waals surface area contributed by atoms with Gasteiger partial charge in [-0.1, -0.05) is 30.0 Å². The minimum absolute atomic E-state index is 0.187. The van der Waals surface area contributed by atoms with E-state index in [1.165, 1.54) is 0 Å². The quantitative estimate of drug-likeness (QED) is 0.655. The van der Waals surface area contributed by atoms with Crippen molar-refractivity contribution in [1.82, 2.24) is 14.6 Å². The van der Waals surface area contributed by atoms with Crippen molar-refractivity contribution in [2.24, 2.45) is 0 Å². The van der Waals surface area contributed by atoms with Gasteiger partial charge >= 0.3 is 0 Å². The maximum Gasteiger partial charge on any atom is 0.213 e.